The molecule has 2 aromatic rings. The molecule has 0 bridgehead atoms. The number of alkyl halides is 3. The predicted molar refractivity (Wildman–Crippen MR) is 74.3 cm³/mol. The van der Waals surface area contributed by atoms with Gasteiger partial charge in [-0.2, -0.15) is 0 Å². The number of carbonyl (C=O) groups excluding carboxylic acids is 1. The normalized spacial score (nSPS) is 11.1. The van der Waals surface area contributed by atoms with Crippen molar-refractivity contribution in [2.45, 2.75) is 13.0 Å². The summed E-state index contributed by atoms with van der Waals surface area (Å²) in [7, 11) is 0. The topological polar surface area (TPSA) is 35.5 Å². The fourth-order valence-corrected chi connectivity index (χ4v) is 1.87. The van der Waals surface area contributed by atoms with Gasteiger partial charge in [-0.3, -0.25) is 4.79 Å². The van der Waals surface area contributed by atoms with Gasteiger partial charge in [0.25, 0.3) is 0 Å². The van der Waals surface area contributed by atoms with Crippen molar-refractivity contribution in [3.8, 4) is 11.5 Å². The largest absolute Gasteiger partial charge is 0.573 e. The minimum absolute atomic E-state index is 0.0920. The van der Waals surface area contributed by atoms with Gasteiger partial charge in [-0.05, 0) is 35.9 Å². The molecule has 0 N–H and O–H groups in total. The van der Waals surface area contributed by atoms with E-state index in [4.69, 9.17) is 16.3 Å². The number of halogens is 4. The van der Waals surface area contributed by atoms with E-state index in [0.717, 1.165) is 0 Å². The van der Waals surface area contributed by atoms with Gasteiger partial charge in [-0.1, -0.05) is 23.7 Å². The maximum Gasteiger partial charge on any atom is 0.573 e. The van der Waals surface area contributed by atoms with Crippen molar-refractivity contribution in [3.63, 3.8) is 0 Å². The summed E-state index contributed by atoms with van der Waals surface area (Å²) in [4.78, 5) is 10.9. The molecule has 0 fully saturated rings. The summed E-state index contributed by atoms with van der Waals surface area (Å²) in [6.07, 6.45) is -4.11. The summed E-state index contributed by atoms with van der Waals surface area (Å²) in [5.74, 6) is 0.0336. The molecule has 0 radical (unpaired) electrons. The first-order valence-corrected chi connectivity index (χ1v) is 6.47. The van der Waals surface area contributed by atoms with Crippen LogP contribution in [0.15, 0.2) is 42.5 Å². The van der Waals surface area contributed by atoms with Crippen molar-refractivity contribution >= 4 is 17.9 Å². The molecule has 22 heavy (non-hydrogen) atoms. The molecule has 0 atom stereocenters. The summed E-state index contributed by atoms with van der Waals surface area (Å²) in [6.45, 7) is 0.0920. The molecule has 0 heterocycles. The van der Waals surface area contributed by atoms with E-state index in [1.165, 1.54) is 30.3 Å². The molecule has 0 unspecified atom stereocenters. The third-order valence-electron chi connectivity index (χ3n) is 2.65. The van der Waals surface area contributed by atoms with E-state index in [0.29, 0.717) is 28.2 Å². The molecule has 7 heteroatoms. The molecule has 0 aromatic heterocycles. The molecule has 2 rings (SSSR count). The Morgan fingerprint density at radius 3 is 2.36 bits per heavy atom. The van der Waals surface area contributed by atoms with Crippen molar-refractivity contribution in [1.82, 2.24) is 0 Å². The van der Waals surface area contributed by atoms with Gasteiger partial charge in [0.1, 0.15) is 18.1 Å². The zero-order valence-corrected chi connectivity index (χ0v) is 11.8. The molecule has 116 valence electrons. The van der Waals surface area contributed by atoms with E-state index >= 15 is 0 Å². The number of ether oxygens (including phenoxy) is 2. The van der Waals surface area contributed by atoms with E-state index in [1.54, 1.807) is 12.1 Å². The average molecular weight is 331 g/mol. The van der Waals surface area contributed by atoms with Gasteiger partial charge in [-0.15, -0.1) is 13.2 Å². The van der Waals surface area contributed by atoms with Crippen molar-refractivity contribution in [2.24, 2.45) is 0 Å². The van der Waals surface area contributed by atoms with Crippen LogP contribution in [0.3, 0.4) is 0 Å². The van der Waals surface area contributed by atoms with Gasteiger partial charge in [0.2, 0.25) is 0 Å². The van der Waals surface area contributed by atoms with E-state index in [-0.39, 0.29) is 12.4 Å². The smallest absolute Gasteiger partial charge is 0.488 e. The van der Waals surface area contributed by atoms with Crippen molar-refractivity contribution < 1.29 is 27.4 Å². The minimum Gasteiger partial charge on any atom is -0.488 e. The van der Waals surface area contributed by atoms with Crippen LogP contribution < -0.4 is 9.47 Å². The molecule has 0 spiro atoms. The third kappa shape index (κ3) is 4.66. The lowest BCUT2D eigenvalue weighted by Gasteiger charge is -2.11. The highest BCUT2D eigenvalue weighted by molar-refractivity contribution is 6.30. The molecular formula is C15H10ClF3O3. The number of carbonyl (C=O) groups is 1. The Bertz CT molecular complexity index is 654. The molecule has 0 amide bonds. The van der Waals surface area contributed by atoms with Gasteiger partial charge < -0.3 is 9.47 Å². The highest BCUT2D eigenvalue weighted by atomic mass is 35.5. The summed E-state index contributed by atoms with van der Waals surface area (Å²) in [5.41, 5.74) is 0.922. The number of benzene rings is 2. The lowest BCUT2D eigenvalue weighted by Crippen LogP contribution is -2.17. The van der Waals surface area contributed by atoms with Gasteiger partial charge in [-0.25, -0.2) is 0 Å². The Morgan fingerprint density at radius 2 is 1.77 bits per heavy atom. The first-order valence-electron chi connectivity index (χ1n) is 6.09. The Balaban J connectivity index is 2.02. The van der Waals surface area contributed by atoms with Gasteiger partial charge >= 0.3 is 6.36 Å². The van der Waals surface area contributed by atoms with Crippen LogP contribution in [0.5, 0.6) is 11.5 Å². The molecule has 0 aliphatic heterocycles. The maximum absolute atomic E-state index is 12.0. The number of hydrogen-bond donors (Lipinski definition) is 0. The zero-order valence-electron chi connectivity index (χ0n) is 11.1. The Kier molecular flexibility index (Phi) is 4.92. The van der Waals surface area contributed by atoms with E-state index in [9.17, 15) is 18.0 Å². The Hall–Kier alpha value is -2.21. The number of hydrogen-bond acceptors (Lipinski definition) is 3. The Labute approximate surface area is 129 Å². The van der Waals surface area contributed by atoms with Crippen molar-refractivity contribution in [3.05, 3.63) is 58.6 Å². The number of aldehydes is 1. The molecule has 0 aliphatic rings. The highest BCUT2D eigenvalue weighted by Gasteiger charge is 2.30. The van der Waals surface area contributed by atoms with Crippen LogP contribution in [-0.2, 0) is 6.61 Å². The van der Waals surface area contributed by atoms with Gasteiger partial charge in [0.15, 0.2) is 6.29 Å². The van der Waals surface area contributed by atoms with Crippen LogP contribution in [0, 0.1) is 0 Å². The average Bonchev–Trinajstić information content (AvgIpc) is 2.45. The van der Waals surface area contributed by atoms with Gasteiger partial charge in [0.05, 0.1) is 5.56 Å². The third-order valence-corrected chi connectivity index (χ3v) is 2.89. The molecular weight excluding hydrogens is 321 g/mol. The van der Waals surface area contributed by atoms with E-state index in [1.807, 2.05) is 0 Å². The Morgan fingerprint density at radius 1 is 1.09 bits per heavy atom. The van der Waals surface area contributed by atoms with Crippen LogP contribution in [0.4, 0.5) is 13.2 Å². The molecule has 3 nitrogen and oxygen atoms in total. The summed E-state index contributed by atoms with van der Waals surface area (Å²) < 4.78 is 45.3. The van der Waals surface area contributed by atoms with Crippen LogP contribution in [0.2, 0.25) is 5.02 Å². The summed E-state index contributed by atoms with van der Waals surface area (Å²) in [6, 6.07) is 9.85. The monoisotopic (exact) mass is 330 g/mol. The molecule has 0 saturated carbocycles. The summed E-state index contributed by atoms with van der Waals surface area (Å²) in [5, 5.41) is 0.406. The fraction of sp³-hybridized carbons (Fsp3) is 0.133. The first-order chi connectivity index (χ1) is 10.4. The predicted octanol–water partition coefficient (Wildman–Crippen LogP) is 4.63. The van der Waals surface area contributed by atoms with Crippen molar-refractivity contribution in [1.29, 1.82) is 0 Å². The standard InChI is InChI=1S/C15H10ClF3O3/c16-12-3-6-14(11(7-12)8-20)21-9-10-1-4-13(5-2-10)22-15(17,18)19/h1-8H,9H2. The fourth-order valence-electron chi connectivity index (χ4n) is 1.69. The lowest BCUT2D eigenvalue weighted by molar-refractivity contribution is -0.274. The zero-order chi connectivity index (χ0) is 16.2. The molecule has 2 aromatic carbocycles. The van der Waals surface area contributed by atoms with Crippen LogP contribution in [0.1, 0.15) is 15.9 Å². The molecule has 0 aliphatic carbocycles. The lowest BCUT2D eigenvalue weighted by atomic mass is 10.2. The second kappa shape index (κ2) is 6.70. The second-order valence-electron chi connectivity index (χ2n) is 4.28. The van der Waals surface area contributed by atoms with Gasteiger partial charge in [0, 0.05) is 5.02 Å². The maximum atomic E-state index is 12.0. The second-order valence-corrected chi connectivity index (χ2v) is 4.72. The SMILES string of the molecule is O=Cc1cc(Cl)ccc1OCc1ccc(OC(F)(F)F)cc1. The van der Waals surface area contributed by atoms with E-state index < -0.39 is 6.36 Å². The molecule has 0 saturated heterocycles. The summed E-state index contributed by atoms with van der Waals surface area (Å²) >= 11 is 5.76. The van der Waals surface area contributed by atoms with Crippen LogP contribution in [0.25, 0.3) is 0 Å². The quantitative estimate of drug-likeness (QED) is 0.750. The first kappa shape index (κ1) is 16.2. The van der Waals surface area contributed by atoms with Crippen LogP contribution in [-0.4, -0.2) is 12.6 Å². The van der Waals surface area contributed by atoms with Crippen LogP contribution >= 0.6 is 11.6 Å². The number of rotatable bonds is 5. The van der Waals surface area contributed by atoms with E-state index in [2.05, 4.69) is 4.74 Å². The highest BCUT2D eigenvalue weighted by Crippen LogP contribution is 2.24. The minimum atomic E-state index is -4.72. The van der Waals surface area contributed by atoms with Crippen molar-refractivity contribution in [2.75, 3.05) is 0 Å².